The van der Waals surface area contributed by atoms with E-state index in [1.54, 1.807) is 49.4 Å². The quantitative estimate of drug-likeness (QED) is 0.473. The molecule has 2 N–H and O–H groups in total. The molecule has 0 unspecified atom stereocenters. The molecule has 0 saturated carbocycles. The number of amides is 2. The first-order chi connectivity index (χ1) is 15.0. The van der Waals surface area contributed by atoms with Gasteiger partial charge in [0.25, 0.3) is 0 Å². The minimum absolute atomic E-state index is 0.0835. The Morgan fingerprint density at radius 2 is 1.45 bits per heavy atom. The van der Waals surface area contributed by atoms with Crippen LogP contribution in [-0.2, 0) is 9.59 Å². The molecule has 0 radical (unpaired) electrons. The predicted octanol–water partition coefficient (Wildman–Crippen LogP) is 4.10. The van der Waals surface area contributed by atoms with Gasteiger partial charge in [-0.15, -0.1) is 0 Å². The van der Waals surface area contributed by atoms with Crippen molar-refractivity contribution in [3.63, 3.8) is 0 Å². The molecule has 0 atom stereocenters. The van der Waals surface area contributed by atoms with Crippen LogP contribution in [-0.4, -0.2) is 44.0 Å². The number of nitrogens with zero attached hydrogens (tertiary/aromatic N) is 1. The van der Waals surface area contributed by atoms with E-state index < -0.39 is 0 Å². The van der Waals surface area contributed by atoms with Crippen molar-refractivity contribution in [2.75, 3.05) is 37.9 Å². The Morgan fingerprint density at radius 3 is 2.16 bits per heavy atom. The van der Waals surface area contributed by atoms with Gasteiger partial charge < -0.3 is 19.8 Å². The number of hydrogen-bond acceptors (Lipinski definition) is 5. The summed E-state index contributed by atoms with van der Waals surface area (Å²) in [4.78, 5) is 26.3. The van der Waals surface area contributed by atoms with Crippen molar-refractivity contribution >= 4 is 45.1 Å². The molecular formula is C24H23N3O4. The lowest BCUT2D eigenvalue weighted by Gasteiger charge is -2.16. The zero-order valence-corrected chi connectivity index (χ0v) is 17.3. The maximum absolute atomic E-state index is 12.4. The summed E-state index contributed by atoms with van der Waals surface area (Å²) in [5.41, 5.74) is 2.93. The van der Waals surface area contributed by atoms with E-state index >= 15 is 0 Å². The second-order valence-corrected chi connectivity index (χ2v) is 7.31. The third-order valence-electron chi connectivity index (χ3n) is 4.86. The predicted molar refractivity (Wildman–Crippen MR) is 121 cm³/mol. The van der Waals surface area contributed by atoms with Crippen LogP contribution in [0.2, 0.25) is 0 Å². The number of ether oxygens (including phenoxy) is 1. The van der Waals surface area contributed by atoms with Gasteiger partial charge in [-0.1, -0.05) is 18.2 Å². The Labute approximate surface area is 179 Å². The third kappa shape index (κ3) is 4.84. The van der Waals surface area contributed by atoms with Gasteiger partial charge >= 0.3 is 0 Å². The summed E-state index contributed by atoms with van der Waals surface area (Å²) in [6, 6.07) is 20.4. The molecule has 4 aromatic rings. The van der Waals surface area contributed by atoms with Crippen LogP contribution < -0.4 is 15.4 Å². The van der Waals surface area contributed by atoms with Crippen molar-refractivity contribution in [2.45, 2.75) is 0 Å². The van der Waals surface area contributed by atoms with Gasteiger partial charge in [-0.25, -0.2) is 0 Å². The number of para-hydroxylation sites is 1. The number of nitrogens with one attached hydrogen (secondary N) is 2. The first-order valence-electron chi connectivity index (χ1n) is 9.85. The number of hydrogen-bond donors (Lipinski definition) is 2. The largest absolute Gasteiger partial charge is 0.497 e. The molecule has 0 saturated heterocycles. The van der Waals surface area contributed by atoms with E-state index in [0.29, 0.717) is 17.1 Å². The molecule has 2 amide bonds. The maximum Gasteiger partial charge on any atom is 0.238 e. The highest BCUT2D eigenvalue weighted by Gasteiger charge is 2.13. The minimum Gasteiger partial charge on any atom is -0.497 e. The van der Waals surface area contributed by atoms with Crippen LogP contribution in [0.15, 0.2) is 71.1 Å². The number of rotatable bonds is 7. The van der Waals surface area contributed by atoms with Gasteiger partial charge in [0, 0.05) is 22.1 Å². The highest BCUT2D eigenvalue weighted by atomic mass is 16.5. The van der Waals surface area contributed by atoms with E-state index in [4.69, 9.17) is 9.15 Å². The fraction of sp³-hybridized carbons (Fsp3) is 0.167. The third-order valence-corrected chi connectivity index (χ3v) is 4.86. The van der Waals surface area contributed by atoms with Crippen LogP contribution in [0.4, 0.5) is 11.4 Å². The number of fused-ring (bicyclic) bond motifs is 3. The summed E-state index contributed by atoms with van der Waals surface area (Å²) >= 11 is 0. The molecule has 1 heterocycles. The smallest absolute Gasteiger partial charge is 0.238 e. The SMILES string of the molecule is COc1ccc(NC(=O)CN(C)CC(=O)Nc2ccc3oc4ccccc4c3c2)cc1. The zero-order chi connectivity index (χ0) is 21.8. The van der Waals surface area contributed by atoms with Gasteiger partial charge in [0.15, 0.2) is 0 Å². The number of carbonyl (C=O) groups excluding carboxylic acids is 2. The Hall–Kier alpha value is -3.84. The average Bonchev–Trinajstić information content (AvgIpc) is 3.12. The van der Waals surface area contributed by atoms with E-state index in [-0.39, 0.29) is 24.9 Å². The first-order valence-corrected chi connectivity index (χ1v) is 9.85. The lowest BCUT2D eigenvalue weighted by Crippen LogP contribution is -2.36. The van der Waals surface area contributed by atoms with Crippen molar-refractivity contribution < 1.29 is 18.7 Å². The molecule has 4 rings (SSSR count). The summed E-state index contributed by atoms with van der Waals surface area (Å²) < 4.78 is 10.9. The topological polar surface area (TPSA) is 83.8 Å². The normalized spacial score (nSPS) is 11.1. The number of anilines is 2. The van der Waals surface area contributed by atoms with E-state index in [1.165, 1.54) is 0 Å². The van der Waals surface area contributed by atoms with Gasteiger partial charge in [0.2, 0.25) is 11.8 Å². The molecule has 0 bridgehead atoms. The summed E-state index contributed by atoms with van der Waals surface area (Å²) in [5, 5.41) is 7.64. The van der Waals surface area contributed by atoms with E-state index in [9.17, 15) is 9.59 Å². The molecule has 7 nitrogen and oxygen atoms in total. The molecule has 3 aromatic carbocycles. The van der Waals surface area contributed by atoms with Crippen LogP contribution in [0, 0.1) is 0 Å². The number of furan rings is 1. The Kier molecular flexibility index (Phi) is 5.86. The van der Waals surface area contributed by atoms with Crippen LogP contribution >= 0.6 is 0 Å². The molecule has 0 spiro atoms. The van der Waals surface area contributed by atoms with Crippen LogP contribution in [0.5, 0.6) is 5.75 Å². The van der Waals surface area contributed by atoms with Crippen molar-refractivity contribution in [3.8, 4) is 5.75 Å². The Balaban J connectivity index is 1.33. The minimum atomic E-state index is -0.202. The zero-order valence-electron chi connectivity index (χ0n) is 17.3. The van der Waals surface area contributed by atoms with Crippen LogP contribution in [0.1, 0.15) is 0 Å². The molecule has 0 aliphatic heterocycles. The number of likely N-dealkylation sites (N-methyl/N-ethyl adjacent to an activating group) is 1. The summed E-state index contributed by atoms with van der Waals surface area (Å²) in [6.45, 7) is 0.172. The van der Waals surface area contributed by atoms with Gasteiger partial charge in [-0.2, -0.15) is 0 Å². The van der Waals surface area contributed by atoms with Crippen molar-refractivity contribution in [1.82, 2.24) is 4.90 Å². The molecule has 0 aliphatic rings. The van der Waals surface area contributed by atoms with E-state index in [2.05, 4.69) is 10.6 Å². The fourth-order valence-corrected chi connectivity index (χ4v) is 3.43. The first kappa shape index (κ1) is 20.4. The highest BCUT2D eigenvalue weighted by molar-refractivity contribution is 6.07. The number of methoxy groups -OCH3 is 1. The molecular weight excluding hydrogens is 394 g/mol. The summed E-state index contributed by atoms with van der Waals surface area (Å²) in [7, 11) is 3.31. The molecule has 1 aromatic heterocycles. The maximum atomic E-state index is 12.4. The van der Waals surface area contributed by atoms with Crippen molar-refractivity contribution in [2.24, 2.45) is 0 Å². The van der Waals surface area contributed by atoms with E-state index in [1.807, 2.05) is 36.4 Å². The lowest BCUT2D eigenvalue weighted by molar-refractivity contribution is -0.119. The van der Waals surface area contributed by atoms with Gasteiger partial charge in [0.05, 0.1) is 20.2 Å². The fourth-order valence-electron chi connectivity index (χ4n) is 3.43. The molecule has 0 aliphatic carbocycles. The molecule has 31 heavy (non-hydrogen) atoms. The monoisotopic (exact) mass is 417 g/mol. The molecule has 7 heteroatoms. The van der Waals surface area contributed by atoms with Crippen LogP contribution in [0.25, 0.3) is 21.9 Å². The number of carbonyl (C=O) groups is 2. The Bertz CT molecular complexity index is 1230. The summed E-state index contributed by atoms with van der Waals surface area (Å²) in [6.07, 6.45) is 0. The second-order valence-electron chi connectivity index (χ2n) is 7.31. The number of benzene rings is 3. The Morgan fingerprint density at radius 1 is 0.839 bits per heavy atom. The van der Waals surface area contributed by atoms with Gasteiger partial charge in [-0.05, 0) is 55.6 Å². The van der Waals surface area contributed by atoms with Crippen molar-refractivity contribution in [1.29, 1.82) is 0 Å². The van der Waals surface area contributed by atoms with Crippen molar-refractivity contribution in [3.05, 3.63) is 66.7 Å². The second kappa shape index (κ2) is 8.89. The van der Waals surface area contributed by atoms with E-state index in [0.717, 1.165) is 21.9 Å². The highest BCUT2D eigenvalue weighted by Crippen LogP contribution is 2.30. The lowest BCUT2D eigenvalue weighted by atomic mass is 10.1. The molecule has 158 valence electrons. The van der Waals surface area contributed by atoms with Crippen LogP contribution in [0.3, 0.4) is 0 Å². The standard InChI is InChI=1S/C24H23N3O4/c1-27(14-23(28)25-16-7-10-18(30-2)11-8-16)15-24(29)26-17-9-12-22-20(13-17)19-5-3-4-6-21(19)31-22/h3-13H,14-15H2,1-2H3,(H,25,28)(H,26,29). The van der Waals surface area contributed by atoms with Gasteiger partial charge in [0.1, 0.15) is 16.9 Å². The summed E-state index contributed by atoms with van der Waals surface area (Å²) in [5.74, 6) is 0.312. The van der Waals surface area contributed by atoms with Gasteiger partial charge in [-0.3, -0.25) is 14.5 Å². The molecule has 0 fully saturated rings. The average molecular weight is 417 g/mol.